The summed E-state index contributed by atoms with van der Waals surface area (Å²) in [5, 5.41) is 5.73. The predicted octanol–water partition coefficient (Wildman–Crippen LogP) is 4.89. The number of rotatable bonds is 4. The van der Waals surface area contributed by atoms with Crippen LogP contribution < -0.4 is 10.6 Å². The van der Waals surface area contributed by atoms with E-state index in [-0.39, 0.29) is 11.7 Å². The number of hydrogen-bond acceptors (Lipinski definition) is 2. The van der Waals surface area contributed by atoms with Crippen molar-refractivity contribution in [3.63, 3.8) is 0 Å². The SMILES string of the molecule is O=C(Nc1ccc(F)c(C(F)(F)F)c1)NC1CCN(Cc2ccc(Cl)cc2)C1. The zero-order chi connectivity index (χ0) is 20.3. The van der Waals surface area contributed by atoms with E-state index in [0.29, 0.717) is 30.2 Å². The van der Waals surface area contributed by atoms with Crippen molar-refractivity contribution in [2.45, 2.75) is 25.2 Å². The molecule has 9 heteroatoms. The number of benzene rings is 2. The third-order valence-corrected chi connectivity index (χ3v) is 4.71. The summed E-state index contributed by atoms with van der Waals surface area (Å²) < 4.78 is 51.6. The molecular weight excluding hydrogens is 398 g/mol. The summed E-state index contributed by atoms with van der Waals surface area (Å²) in [5.41, 5.74) is -0.442. The molecular formula is C19H18ClF4N3O. The van der Waals surface area contributed by atoms with Gasteiger partial charge in [-0.25, -0.2) is 9.18 Å². The van der Waals surface area contributed by atoms with Crippen molar-refractivity contribution < 1.29 is 22.4 Å². The van der Waals surface area contributed by atoms with Gasteiger partial charge in [-0.2, -0.15) is 13.2 Å². The Balaban J connectivity index is 1.52. The van der Waals surface area contributed by atoms with Gasteiger partial charge in [-0.05, 0) is 42.3 Å². The molecule has 1 unspecified atom stereocenters. The summed E-state index contributed by atoms with van der Waals surface area (Å²) in [7, 11) is 0. The second-order valence-electron chi connectivity index (χ2n) is 6.64. The maximum atomic E-state index is 13.3. The van der Waals surface area contributed by atoms with Crippen LogP contribution in [-0.4, -0.2) is 30.1 Å². The summed E-state index contributed by atoms with van der Waals surface area (Å²) in [5.74, 6) is -1.38. The van der Waals surface area contributed by atoms with E-state index >= 15 is 0 Å². The minimum Gasteiger partial charge on any atom is -0.334 e. The van der Waals surface area contributed by atoms with Crippen LogP contribution in [0, 0.1) is 5.82 Å². The summed E-state index contributed by atoms with van der Waals surface area (Å²) >= 11 is 5.87. The average molecular weight is 416 g/mol. The molecule has 4 nitrogen and oxygen atoms in total. The molecule has 2 amide bonds. The number of likely N-dealkylation sites (tertiary alicyclic amines) is 1. The summed E-state index contributed by atoms with van der Waals surface area (Å²) in [4.78, 5) is 14.2. The normalized spacial score (nSPS) is 17.5. The van der Waals surface area contributed by atoms with E-state index in [4.69, 9.17) is 11.6 Å². The minimum atomic E-state index is -4.83. The number of halogens is 5. The highest BCUT2D eigenvalue weighted by Gasteiger charge is 2.34. The van der Waals surface area contributed by atoms with E-state index in [1.807, 2.05) is 24.3 Å². The zero-order valence-electron chi connectivity index (χ0n) is 14.7. The Labute approximate surface area is 164 Å². The van der Waals surface area contributed by atoms with Crippen molar-refractivity contribution in [2.24, 2.45) is 0 Å². The largest absolute Gasteiger partial charge is 0.419 e. The van der Waals surface area contributed by atoms with Gasteiger partial charge in [0.15, 0.2) is 0 Å². The van der Waals surface area contributed by atoms with Crippen LogP contribution in [0.3, 0.4) is 0 Å². The second kappa shape index (κ2) is 8.36. The van der Waals surface area contributed by atoms with Crippen molar-refractivity contribution >= 4 is 23.3 Å². The fraction of sp³-hybridized carbons (Fsp3) is 0.316. The lowest BCUT2D eigenvalue weighted by Gasteiger charge is -2.17. The van der Waals surface area contributed by atoms with Gasteiger partial charge in [-0.15, -0.1) is 0 Å². The Morgan fingerprint density at radius 1 is 1.18 bits per heavy atom. The van der Waals surface area contributed by atoms with Gasteiger partial charge in [0.05, 0.1) is 5.56 Å². The summed E-state index contributed by atoms with van der Waals surface area (Å²) in [6.45, 7) is 2.11. The Kier molecular flexibility index (Phi) is 6.10. The van der Waals surface area contributed by atoms with Crippen LogP contribution in [0.1, 0.15) is 17.5 Å². The number of nitrogens with zero attached hydrogens (tertiary/aromatic N) is 1. The molecule has 1 atom stereocenters. The van der Waals surface area contributed by atoms with E-state index < -0.39 is 23.6 Å². The molecule has 150 valence electrons. The summed E-state index contributed by atoms with van der Waals surface area (Å²) in [6.07, 6.45) is -4.11. The fourth-order valence-corrected chi connectivity index (χ4v) is 3.24. The van der Waals surface area contributed by atoms with Crippen molar-refractivity contribution in [1.29, 1.82) is 0 Å². The average Bonchev–Trinajstić information content (AvgIpc) is 3.04. The molecule has 0 aliphatic carbocycles. The molecule has 0 aromatic heterocycles. The number of urea groups is 1. The number of carbonyl (C=O) groups is 1. The third-order valence-electron chi connectivity index (χ3n) is 4.46. The van der Waals surface area contributed by atoms with Crippen molar-refractivity contribution in [3.05, 3.63) is 64.4 Å². The van der Waals surface area contributed by atoms with E-state index in [2.05, 4.69) is 15.5 Å². The van der Waals surface area contributed by atoms with Gasteiger partial charge >= 0.3 is 12.2 Å². The molecule has 1 fully saturated rings. The van der Waals surface area contributed by atoms with Crippen molar-refractivity contribution in [1.82, 2.24) is 10.2 Å². The lowest BCUT2D eigenvalue weighted by molar-refractivity contribution is -0.139. The van der Waals surface area contributed by atoms with Crippen LogP contribution in [0.2, 0.25) is 5.02 Å². The lowest BCUT2D eigenvalue weighted by Crippen LogP contribution is -2.39. The van der Waals surface area contributed by atoms with Gasteiger partial charge in [0.1, 0.15) is 5.82 Å². The molecule has 2 aromatic carbocycles. The highest BCUT2D eigenvalue weighted by Crippen LogP contribution is 2.33. The molecule has 0 saturated carbocycles. The quantitative estimate of drug-likeness (QED) is 0.698. The number of alkyl halides is 3. The van der Waals surface area contributed by atoms with Gasteiger partial charge in [0, 0.05) is 36.4 Å². The number of anilines is 1. The number of nitrogens with one attached hydrogen (secondary N) is 2. The molecule has 3 rings (SSSR count). The van der Waals surface area contributed by atoms with E-state index in [9.17, 15) is 22.4 Å². The maximum absolute atomic E-state index is 13.3. The molecule has 28 heavy (non-hydrogen) atoms. The van der Waals surface area contributed by atoms with Gasteiger partial charge in [-0.3, -0.25) is 4.90 Å². The first-order valence-electron chi connectivity index (χ1n) is 8.62. The van der Waals surface area contributed by atoms with Gasteiger partial charge in [0.25, 0.3) is 0 Å². The summed E-state index contributed by atoms with van der Waals surface area (Å²) in [6, 6.07) is 9.09. The first-order valence-corrected chi connectivity index (χ1v) is 8.99. The van der Waals surface area contributed by atoms with Crippen molar-refractivity contribution in [2.75, 3.05) is 18.4 Å². The molecule has 1 aliphatic rings. The molecule has 1 heterocycles. The maximum Gasteiger partial charge on any atom is 0.419 e. The van der Waals surface area contributed by atoms with E-state index in [0.717, 1.165) is 24.6 Å². The highest BCUT2D eigenvalue weighted by atomic mass is 35.5. The lowest BCUT2D eigenvalue weighted by atomic mass is 10.2. The van der Waals surface area contributed by atoms with Gasteiger partial charge in [-0.1, -0.05) is 23.7 Å². The number of hydrogen-bond donors (Lipinski definition) is 2. The Morgan fingerprint density at radius 2 is 1.89 bits per heavy atom. The van der Waals surface area contributed by atoms with Crippen molar-refractivity contribution in [3.8, 4) is 0 Å². The van der Waals surface area contributed by atoms with Crippen LogP contribution in [0.5, 0.6) is 0 Å². The zero-order valence-corrected chi connectivity index (χ0v) is 15.4. The monoisotopic (exact) mass is 415 g/mol. The Morgan fingerprint density at radius 3 is 2.57 bits per heavy atom. The number of carbonyl (C=O) groups excluding carboxylic acids is 1. The Hall–Kier alpha value is -2.32. The standard InChI is InChI=1S/C19H18ClF4N3O/c20-13-3-1-12(2-4-13)10-27-8-7-15(11-27)26-18(28)25-14-5-6-17(21)16(9-14)19(22,23)24/h1-6,9,15H,7-8,10-11H2,(H2,25,26,28). The number of amides is 2. The fourth-order valence-electron chi connectivity index (χ4n) is 3.11. The van der Waals surface area contributed by atoms with Gasteiger partial charge in [0.2, 0.25) is 0 Å². The predicted molar refractivity (Wildman–Crippen MR) is 98.7 cm³/mol. The second-order valence-corrected chi connectivity index (χ2v) is 7.07. The van der Waals surface area contributed by atoms with E-state index in [1.54, 1.807) is 0 Å². The van der Waals surface area contributed by atoms with Crippen LogP contribution in [0.25, 0.3) is 0 Å². The smallest absolute Gasteiger partial charge is 0.334 e. The molecule has 2 N–H and O–H groups in total. The van der Waals surface area contributed by atoms with Crippen LogP contribution in [-0.2, 0) is 12.7 Å². The van der Waals surface area contributed by atoms with E-state index in [1.165, 1.54) is 0 Å². The molecule has 1 saturated heterocycles. The van der Waals surface area contributed by atoms with Crippen LogP contribution >= 0.6 is 11.6 Å². The minimum absolute atomic E-state index is 0.123. The third kappa shape index (κ3) is 5.36. The molecule has 0 bridgehead atoms. The first-order chi connectivity index (χ1) is 13.2. The molecule has 1 aliphatic heterocycles. The topological polar surface area (TPSA) is 44.4 Å². The molecule has 0 radical (unpaired) electrons. The van der Waals surface area contributed by atoms with Crippen LogP contribution in [0.4, 0.5) is 28.0 Å². The van der Waals surface area contributed by atoms with Gasteiger partial charge < -0.3 is 10.6 Å². The molecule has 0 spiro atoms. The Bertz CT molecular complexity index is 842. The first kappa shape index (κ1) is 20.4. The van der Waals surface area contributed by atoms with Crippen LogP contribution in [0.15, 0.2) is 42.5 Å². The molecule has 2 aromatic rings. The highest BCUT2D eigenvalue weighted by molar-refractivity contribution is 6.30.